The van der Waals surface area contributed by atoms with Crippen molar-refractivity contribution in [3.63, 3.8) is 0 Å². The number of sulfonamides is 1. The lowest BCUT2D eigenvalue weighted by Crippen LogP contribution is -2.31. The number of carbonyl (C=O) groups is 1. The maximum absolute atomic E-state index is 11.8. The van der Waals surface area contributed by atoms with Gasteiger partial charge in [0.25, 0.3) is 0 Å². The summed E-state index contributed by atoms with van der Waals surface area (Å²) in [4.78, 5) is 11.8. The first kappa shape index (κ1) is 15.7. The normalized spacial score (nSPS) is 13.3. The molecule has 0 aliphatic rings. The van der Waals surface area contributed by atoms with Crippen molar-refractivity contribution in [1.29, 1.82) is 0 Å². The van der Waals surface area contributed by atoms with Gasteiger partial charge in [0.15, 0.2) is 0 Å². The predicted octanol–water partition coefficient (Wildman–Crippen LogP) is 1.24. The molecule has 0 aliphatic heterocycles. The second-order valence-electron chi connectivity index (χ2n) is 4.94. The molecular weight excluding hydrogens is 264 g/mol. The quantitative estimate of drug-likeness (QED) is 0.852. The van der Waals surface area contributed by atoms with E-state index in [4.69, 9.17) is 5.14 Å². The van der Waals surface area contributed by atoms with Crippen molar-refractivity contribution >= 4 is 15.9 Å². The highest BCUT2D eigenvalue weighted by Gasteiger charge is 2.16. The van der Waals surface area contributed by atoms with Gasteiger partial charge >= 0.3 is 0 Å². The molecule has 1 unspecified atom stereocenters. The Morgan fingerprint density at radius 3 is 2.47 bits per heavy atom. The van der Waals surface area contributed by atoms with Gasteiger partial charge in [0.05, 0.1) is 4.90 Å². The van der Waals surface area contributed by atoms with Crippen LogP contribution in [-0.2, 0) is 21.4 Å². The van der Waals surface area contributed by atoms with Crippen LogP contribution in [0.2, 0.25) is 0 Å². The summed E-state index contributed by atoms with van der Waals surface area (Å²) in [6, 6.07) is 6.25. The van der Waals surface area contributed by atoms with Crippen LogP contribution >= 0.6 is 0 Å². The van der Waals surface area contributed by atoms with Crippen LogP contribution in [0.25, 0.3) is 0 Å². The molecule has 106 valence electrons. The van der Waals surface area contributed by atoms with Crippen molar-refractivity contribution in [1.82, 2.24) is 5.32 Å². The summed E-state index contributed by atoms with van der Waals surface area (Å²) in [5.41, 5.74) is 0.704. The Morgan fingerprint density at radius 1 is 1.32 bits per heavy atom. The number of amides is 1. The third kappa shape index (κ3) is 4.65. The van der Waals surface area contributed by atoms with Crippen LogP contribution in [0.4, 0.5) is 0 Å². The first-order chi connectivity index (χ1) is 8.71. The molecule has 0 saturated heterocycles. The number of nitrogens with one attached hydrogen (secondary N) is 1. The summed E-state index contributed by atoms with van der Waals surface area (Å²) in [7, 11) is -3.71. The smallest absolute Gasteiger partial charge is 0.238 e. The van der Waals surface area contributed by atoms with Gasteiger partial charge in [0.2, 0.25) is 15.9 Å². The van der Waals surface area contributed by atoms with Crippen LogP contribution in [0, 0.1) is 11.8 Å². The second kappa shape index (κ2) is 6.16. The Kier molecular flexibility index (Phi) is 5.08. The molecule has 0 saturated carbocycles. The monoisotopic (exact) mass is 284 g/mol. The zero-order chi connectivity index (χ0) is 14.6. The minimum atomic E-state index is -3.71. The molecule has 3 N–H and O–H groups in total. The predicted molar refractivity (Wildman–Crippen MR) is 73.7 cm³/mol. The number of hydrogen-bond donors (Lipinski definition) is 2. The van der Waals surface area contributed by atoms with Crippen molar-refractivity contribution in [2.75, 3.05) is 0 Å². The lowest BCUT2D eigenvalue weighted by molar-refractivity contribution is -0.125. The molecule has 0 spiro atoms. The van der Waals surface area contributed by atoms with Crippen LogP contribution in [-0.4, -0.2) is 14.3 Å². The fourth-order valence-electron chi connectivity index (χ4n) is 1.49. The highest BCUT2D eigenvalue weighted by atomic mass is 32.2. The van der Waals surface area contributed by atoms with E-state index in [0.29, 0.717) is 12.1 Å². The highest BCUT2D eigenvalue weighted by molar-refractivity contribution is 7.89. The van der Waals surface area contributed by atoms with E-state index in [1.54, 1.807) is 12.1 Å². The minimum absolute atomic E-state index is 0.0454. The number of nitrogens with two attached hydrogens (primary N) is 1. The summed E-state index contributed by atoms with van der Waals surface area (Å²) in [6.45, 7) is 6.11. The van der Waals surface area contributed by atoms with Gasteiger partial charge in [-0.05, 0) is 23.6 Å². The van der Waals surface area contributed by atoms with E-state index >= 15 is 0 Å². The molecule has 0 radical (unpaired) electrons. The fourth-order valence-corrected chi connectivity index (χ4v) is 2.07. The van der Waals surface area contributed by atoms with Gasteiger partial charge in [-0.3, -0.25) is 4.79 Å². The third-order valence-corrected chi connectivity index (χ3v) is 4.02. The van der Waals surface area contributed by atoms with Crippen LogP contribution in [0.5, 0.6) is 0 Å². The van der Waals surface area contributed by atoms with Crippen LogP contribution in [0.1, 0.15) is 26.3 Å². The van der Waals surface area contributed by atoms with Crippen LogP contribution < -0.4 is 10.5 Å². The molecule has 1 aromatic rings. The number of hydrogen-bond acceptors (Lipinski definition) is 3. The summed E-state index contributed by atoms with van der Waals surface area (Å²) in [5.74, 6) is 0.133. The summed E-state index contributed by atoms with van der Waals surface area (Å²) in [6.07, 6.45) is 0. The maximum Gasteiger partial charge on any atom is 0.238 e. The van der Waals surface area contributed by atoms with Crippen molar-refractivity contribution in [2.45, 2.75) is 32.2 Å². The molecule has 6 heteroatoms. The van der Waals surface area contributed by atoms with Gasteiger partial charge in [0, 0.05) is 12.5 Å². The van der Waals surface area contributed by atoms with Gasteiger partial charge in [0.1, 0.15) is 0 Å². The molecule has 1 amide bonds. The average Bonchev–Trinajstić information content (AvgIpc) is 2.34. The number of primary sulfonamides is 1. The number of rotatable bonds is 5. The van der Waals surface area contributed by atoms with Crippen LogP contribution in [0.3, 0.4) is 0 Å². The second-order valence-corrected chi connectivity index (χ2v) is 6.50. The lowest BCUT2D eigenvalue weighted by atomic mass is 9.97. The Morgan fingerprint density at radius 2 is 1.95 bits per heavy atom. The molecule has 1 rings (SSSR count). The molecule has 0 aromatic heterocycles. The molecule has 0 heterocycles. The average molecular weight is 284 g/mol. The van der Waals surface area contributed by atoms with Crippen LogP contribution in [0.15, 0.2) is 29.2 Å². The van der Waals surface area contributed by atoms with Gasteiger partial charge in [-0.1, -0.05) is 32.9 Å². The van der Waals surface area contributed by atoms with E-state index in [0.717, 1.165) is 0 Å². The van der Waals surface area contributed by atoms with E-state index in [1.807, 2.05) is 20.8 Å². The number of carbonyl (C=O) groups excluding carboxylic acids is 1. The zero-order valence-corrected chi connectivity index (χ0v) is 12.2. The van der Waals surface area contributed by atoms with Gasteiger partial charge in [-0.2, -0.15) is 0 Å². The molecule has 5 nitrogen and oxygen atoms in total. The Labute approximate surface area is 114 Å². The highest BCUT2D eigenvalue weighted by Crippen LogP contribution is 2.12. The van der Waals surface area contributed by atoms with E-state index < -0.39 is 10.0 Å². The lowest BCUT2D eigenvalue weighted by Gasteiger charge is -2.15. The van der Waals surface area contributed by atoms with E-state index in [2.05, 4.69) is 5.32 Å². The van der Waals surface area contributed by atoms with Crippen molar-refractivity contribution in [2.24, 2.45) is 17.0 Å². The van der Waals surface area contributed by atoms with E-state index in [-0.39, 0.29) is 22.6 Å². The molecule has 0 bridgehead atoms. The Balaban J connectivity index is 2.72. The van der Waals surface area contributed by atoms with Gasteiger partial charge < -0.3 is 5.32 Å². The van der Waals surface area contributed by atoms with Gasteiger partial charge in [-0.25, -0.2) is 13.6 Å². The summed E-state index contributed by atoms with van der Waals surface area (Å²) < 4.78 is 22.4. The molecule has 0 fully saturated rings. The zero-order valence-electron chi connectivity index (χ0n) is 11.4. The minimum Gasteiger partial charge on any atom is -0.352 e. The van der Waals surface area contributed by atoms with E-state index in [1.165, 1.54) is 12.1 Å². The van der Waals surface area contributed by atoms with Gasteiger partial charge in [-0.15, -0.1) is 0 Å². The first-order valence-corrected chi connectivity index (χ1v) is 7.66. The van der Waals surface area contributed by atoms with Crippen molar-refractivity contribution in [3.05, 3.63) is 29.8 Å². The number of benzene rings is 1. The largest absolute Gasteiger partial charge is 0.352 e. The third-order valence-electron chi connectivity index (χ3n) is 3.11. The van der Waals surface area contributed by atoms with Crippen molar-refractivity contribution < 1.29 is 13.2 Å². The summed E-state index contributed by atoms with van der Waals surface area (Å²) in [5, 5.41) is 7.84. The Bertz CT molecular complexity index is 553. The first-order valence-electron chi connectivity index (χ1n) is 6.11. The topological polar surface area (TPSA) is 89.3 Å². The fraction of sp³-hybridized carbons (Fsp3) is 0.462. The molecular formula is C13H20N2O3S. The van der Waals surface area contributed by atoms with Crippen molar-refractivity contribution in [3.8, 4) is 0 Å². The molecule has 19 heavy (non-hydrogen) atoms. The molecule has 1 aromatic carbocycles. The summed E-state index contributed by atoms with van der Waals surface area (Å²) >= 11 is 0. The Hall–Kier alpha value is -1.40. The standard InChI is InChI=1S/C13H20N2O3S/c1-9(2)10(3)13(16)15-8-11-5-4-6-12(7-11)19(14,17)18/h4-7,9-10H,8H2,1-3H3,(H,15,16)(H2,14,17,18). The molecule has 0 aliphatic carbocycles. The molecule has 1 atom stereocenters. The van der Waals surface area contributed by atoms with E-state index in [9.17, 15) is 13.2 Å². The SMILES string of the molecule is CC(C)C(C)C(=O)NCc1cccc(S(N)(=O)=O)c1. The maximum atomic E-state index is 11.8.